The molecule has 1 N–H and O–H groups in total. The van der Waals surface area contributed by atoms with Crippen molar-refractivity contribution in [3.8, 4) is 0 Å². The smallest absolute Gasteiger partial charge is 0.284 e. The molecule has 29 heavy (non-hydrogen) atoms. The van der Waals surface area contributed by atoms with Crippen molar-refractivity contribution < 1.29 is 19.1 Å². The number of hydrazone groups is 1. The number of carbonyl (C=O) groups excluding carboxylic acids is 3. The van der Waals surface area contributed by atoms with E-state index in [1.54, 1.807) is 66.7 Å². The van der Waals surface area contributed by atoms with Gasteiger partial charge in [-0.3, -0.25) is 4.79 Å². The maximum Gasteiger partial charge on any atom is 0.532 e. The van der Waals surface area contributed by atoms with Gasteiger partial charge in [-0.1, -0.05) is 83.0 Å². The number of Topliss-reactive ketones (excluding diaryl/α,β-unsaturated/α-hetero) is 1. The fraction of sp³-hybridized carbons (Fsp3) is 0.0435. The molecule has 0 radical (unpaired) electrons. The third-order valence-electron chi connectivity index (χ3n) is 4.61. The van der Waals surface area contributed by atoms with Crippen molar-refractivity contribution in [3.63, 3.8) is 0 Å². The van der Waals surface area contributed by atoms with Crippen LogP contribution in [-0.4, -0.2) is 28.2 Å². The Balaban J connectivity index is 1.85. The normalized spacial score (nSPS) is 15.3. The molecule has 0 bridgehead atoms. The van der Waals surface area contributed by atoms with Crippen LogP contribution in [0.25, 0.3) is 0 Å². The van der Waals surface area contributed by atoms with Crippen molar-refractivity contribution in [2.75, 3.05) is 4.90 Å². The zero-order valence-electron chi connectivity index (χ0n) is 15.7. The molecule has 0 saturated carbocycles. The molecule has 1 heterocycles. The van der Waals surface area contributed by atoms with E-state index in [0.29, 0.717) is 16.8 Å². The van der Waals surface area contributed by atoms with Gasteiger partial charge in [-0.25, -0.2) is 4.79 Å². The van der Waals surface area contributed by atoms with E-state index in [9.17, 15) is 14.4 Å². The van der Waals surface area contributed by atoms with Crippen LogP contribution in [0.15, 0.2) is 84.9 Å². The van der Waals surface area contributed by atoms with Crippen LogP contribution in [0, 0.1) is 6.92 Å². The number of urea groups is 2. The summed E-state index contributed by atoms with van der Waals surface area (Å²) < 4.78 is 1.02. The topological polar surface area (TPSA) is 69.5 Å². The summed E-state index contributed by atoms with van der Waals surface area (Å²) >= 11 is 0. The first-order chi connectivity index (χ1) is 14.1. The molecular formula is C23H18N3O3+. The van der Waals surface area contributed by atoms with E-state index in [0.717, 1.165) is 15.1 Å². The van der Waals surface area contributed by atoms with Gasteiger partial charge in [-0.15, -0.1) is 10.3 Å². The summed E-state index contributed by atoms with van der Waals surface area (Å²) in [5, 5.41) is 0. The van der Waals surface area contributed by atoms with E-state index in [1.807, 2.05) is 25.1 Å². The molecular weight excluding hydrogens is 366 g/mol. The third kappa shape index (κ3) is 3.43. The van der Waals surface area contributed by atoms with Gasteiger partial charge in [0, 0.05) is 11.1 Å². The summed E-state index contributed by atoms with van der Waals surface area (Å²) in [5.41, 5.74) is 5.00. The fourth-order valence-corrected chi connectivity index (χ4v) is 3.14. The quantitative estimate of drug-likeness (QED) is 0.547. The monoisotopic (exact) mass is 384 g/mol. The molecule has 1 aliphatic rings. The number of hydrazine groups is 1. The Morgan fingerprint density at radius 1 is 0.793 bits per heavy atom. The number of carbonyl (C=O) groups is 3. The first kappa shape index (κ1) is 18.3. The van der Waals surface area contributed by atoms with E-state index in [1.165, 1.54) is 0 Å². The van der Waals surface area contributed by atoms with Gasteiger partial charge < -0.3 is 0 Å². The minimum atomic E-state index is -0.637. The van der Waals surface area contributed by atoms with Gasteiger partial charge in [0.05, 0.1) is 0 Å². The van der Waals surface area contributed by atoms with Crippen molar-refractivity contribution >= 4 is 29.2 Å². The highest BCUT2D eigenvalue weighted by Crippen LogP contribution is 2.20. The molecule has 0 aliphatic carbocycles. The van der Waals surface area contributed by atoms with E-state index in [-0.39, 0.29) is 11.5 Å². The largest absolute Gasteiger partial charge is 0.532 e. The predicted octanol–water partition coefficient (Wildman–Crippen LogP) is 3.94. The second-order valence-electron chi connectivity index (χ2n) is 6.62. The van der Waals surface area contributed by atoms with Crippen molar-refractivity contribution in [3.05, 3.63) is 102 Å². The molecule has 0 atom stereocenters. The Kier molecular flexibility index (Phi) is 4.75. The average molecular weight is 384 g/mol. The highest BCUT2D eigenvalue weighted by atomic mass is 16.2. The Morgan fingerprint density at radius 2 is 1.34 bits per heavy atom. The molecule has 6 heteroatoms. The Hall–Kier alpha value is -4.06. The first-order valence-corrected chi connectivity index (χ1v) is 9.10. The zero-order valence-corrected chi connectivity index (χ0v) is 15.7. The van der Waals surface area contributed by atoms with Crippen molar-refractivity contribution in [2.24, 2.45) is 0 Å². The number of benzene rings is 3. The molecule has 1 fully saturated rings. The Labute approximate surface area is 167 Å². The second kappa shape index (κ2) is 7.52. The SMILES string of the molecule is Cc1ccc(N2C(=O)N/[N+](=C(\C(=O)c3ccccc3)c3ccccc3)C2=O)cc1. The van der Waals surface area contributed by atoms with Gasteiger partial charge in [0.1, 0.15) is 5.69 Å². The molecule has 0 aromatic heterocycles. The number of ketones is 1. The number of aryl methyl sites for hydroxylation is 1. The van der Waals surface area contributed by atoms with Crippen LogP contribution in [0.5, 0.6) is 0 Å². The molecule has 0 unspecified atom stereocenters. The van der Waals surface area contributed by atoms with Gasteiger partial charge >= 0.3 is 12.1 Å². The summed E-state index contributed by atoms with van der Waals surface area (Å²) in [5.74, 6) is -0.365. The van der Waals surface area contributed by atoms with Crippen LogP contribution in [0.2, 0.25) is 0 Å². The standard InChI is InChI=1S/C23H17N3O3/c1-16-12-14-19(15-13-16)25-22(28)24-26(23(25)29)20(17-8-4-2-5-9-17)21(27)18-10-6-3-7-11-18/h2-15H,1H3/p+1. The van der Waals surface area contributed by atoms with Gasteiger partial charge in [-0.05, 0) is 19.1 Å². The molecule has 1 saturated heterocycles. The summed E-state index contributed by atoms with van der Waals surface area (Å²) in [4.78, 5) is 40.0. The van der Waals surface area contributed by atoms with E-state index >= 15 is 0 Å². The number of amides is 4. The van der Waals surface area contributed by atoms with Crippen LogP contribution in [-0.2, 0) is 0 Å². The molecule has 6 nitrogen and oxygen atoms in total. The summed E-state index contributed by atoms with van der Waals surface area (Å²) in [6.07, 6.45) is 0. The zero-order chi connectivity index (χ0) is 20.4. The van der Waals surface area contributed by atoms with Crippen molar-refractivity contribution in [2.45, 2.75) is 6.92 Å². The maximum absolute atomic E-state index is 13.3. The summed E-state index contributed by atoms with van der Waals surface area (Å²) in [6, 6.07) is 23.2. The van der Waals surface area contributed by atoms with Crippen LogP contribution in [0.4, 0.5) is 15.3 Å². The number of nitrogens with zero attached hydrogens (tertiary/aromatic N) is 2. The molecule has 142 valence electrons. The van der Waals surface area contributed by atoms with Gasteiger partial charge in [0.15, 0.2) is 0 Å². The Morgan fingerprint density at radius 3 is 1.93 bits per heavy atom. The first-order valence-electron chi connectivity index (χ1n) is 9.10. The fourth-order valence-electron chi connectivity index (χ4n) is 3.14. The lowest BCUT2D eigenvalue weighted by Gasteiger charge is -2.07. The number of nitrogens with one attached hydrogen (secondary N) is 1. The third-order valence-corrected chi connectivity index (χ3v) is 4.61. The van der Waals surface area contributed by atoms with Crippen LogP contribution in [0.1, 0.15) is 21.5 Å². The summed E-state index contributed by atoms with van der Waals surface area (Å²) in [7, 11) is 0. The number of anilines is 1. The molecule has 4 amide bonds. The minimum Gasteiger partial charge on any atom is -0.284 e. The Bertz CT molecular complexity index is 1120. The van der Waals surface area contributed by atoms with Gasteiger partial charge in [0.25, 0.3) is 0 Å². The van der Waals surface area contributed by atoms with Gasteiger partial charge in [-0.2, -0.15) is 4.79 Å². The predicted molar refractivity (Wildman–Crippen MR) is 109 cm³/mol. The molecule has 4 rings (SSSR count). The molecule has 0 spiro atoms. The van der Waals surface area contributed by atoms with E-state index in [4.69, 9.17) is 0 Å². The molecule has 1 aliphatic heterocycles. The average Bonchev–Trinajstić information content (AvgIpc) is 3.04. The lowest BCUT2D eigenvalue weighted by Crippen LogP contribution is -2.37. The number of imide groups is 1. The van der Waals surface area contributed by atoms with Gasteiger partial charge in [0.2, 0.25) is 11.5 Å². The van der Waals surface area contributed by atoms with Crippen molar-refractivity contribution in [1.82, 2.24) is 5.43 Å². The number of hydrogen-bond acceptors (Lipinski definition) is 3. The highest BCUT2D eigenvalue weighted by Gasteiger charge is 2.47. The summed E-state index contributed by atoms with van der Waals surface area (Å²) in [6.45, 7) is 1.92. The minimum absolute atomic E-state index is 0.0877. The van der Waals surface area contributed by atoms with Crippen LogP contribution < -0.4 is 10.3 Å². The lowest BCUT2D eigenvalue weighted by molar-refractivity contribution is -0.462. The van der Waals surface area contributed by atoms with Crippen LogP contribution in [0.3, 0.4) is 0 Å². The second-order valence-corrected chi connectivity index (χ2v) is 6.62. The van der Waals surface area contributed by atoms with E-state index < -0.39 is 12.1 Å². The maximum atomic E-state index is 13.3. The number of rotatable bonds is 4. The van der Waals surface area contributed by atoms with Crippen molar-refractivity contribution in [1.29, 1.82) is 0 Å². The molecule has 3 aromatic rings. The van der Waals surface area contributed by atoms with Crippen LogP contribution >= 0.6 is 0 Å². The lowest BCUT2D eigenvalue weighted by atomic mass is 10.0. The van der Waals surface area contributed by atoms with E-state index in [2.05, 4.69) is 5.43 Å². The number of hydrogen-bond donors (Lipinski definition) is 1. The highest BCUT2D eigenvalue weighted by molar-refractivity contribution is 6.50. The molecule has 3 aromatic carbocycles.